The lowest BCUT2D eigenvalue weighted by atomic mass is 9.86. The van der Waals surface area contributed by atoms with Crippen LogP contribution < -0.4 is 5.32 Å². The predicted octanol–water partition coefficient (Wildman–Crippen LogP) is 4.29. The predicted molar refractivity (Wildman–Crippen MR) is 124 cm³/mol. The monoisotopic (exact) mass is 448 g/mol. The fourth-order valence-corrected chi connectivity index (χ4v) is 5.12. The Morgan fingerprint density at radius 3 is 2.58 bits per heavy atom. The van der Waals surface area contributed by atoms with Crippen molar-refractivity contribution < 1.29 is 14.0 Å². The summed E-state index contributed by atoms with van der Waals surface area (Å²) in [4.78, 5) is 33.5. The molecule has 0 spiro atoms. The Kier molecular flexibility index (Phi) is 5.43. The third-order valence-electron chi connectivity index (χ3n) is 7.28. The van der Waals surface area contributed by atoms with Crippen LogP contribution in [0.15, 0.2) is 48.5 Å². The maximum absolute atomic E-state index is 14.5. The second-order valence-electron chi connectivity index (χ2n) is 9.70. The molecule has 33 heavy (non-hydrogen) atoms. The molecule has 2 amide bonds. The van der Waals surface area contributed by atoms with E-state index in [1.165, 1.54) is 11.0 Å². The van der Waals surface area contributed by atoms with Crippen LogP contribution in [-0.2, 0) is 17.9 Å². The average molecular weight is 449 g/mol. The topological polar surface area (TPSA) is 67.2 Å². The van der Waals surface area contributed by atoms with Crippen LogP contribution >= 0.6 is 0 Å². The van der Waals surface area contributed by atoms with E-state index in [0.29, 0.717) is 17.0 Å². The number of carbonyl (C=O) groups excluding carboxylic acids is 2. The first-order chi connectivity index (χ1) is 15.9. The summed E-state index contributed by atoms with van der Waals surface area (Å²) in [5.41, 5.74) is 0.717. The molecule has 6 nitrogen and oxygen atoms in total. The number of benzene rings is 2. The van der Waals surface area contributed by atoms with Gasteiger partial charge in [-0.3, -0.25) is 9.59 Å². The number of imidazole rings is 1. The van der Waals surface area contributed by atoms with Gasteiger partial charge in [-0.05, 0) is 56.7 Å². The van der Waals surface area contributed by atoms with Gasteiger partial charge in [-0.2, -0.15) is 0 Å². The zero-order valence-corrected chi connectivity index (χ0v) is 19.1. The highest BCUT2D eigenvalue weighted by molar-refractivity contribution is 6.01. The molecular formula is C26H29FN4O2. The molecule has 0 radical (unpaired) electrons. The summed E-state index contributed by atoms with van der Waals surface area (Å²) in [6.45, 7) is 4.28. The summed E-state index contributed by atoms with van der Waals surface area (Å²) in [5, 5.41) is 3.21. The molecule has 2 aliphatic rings. The zero-order chi connectivity index (χ0) is 23.2. The van der Waals surface area contributed by atoms with Crippen molar-refractivity contribution in [3.63, 3.8) is 0 Å². The number of nitrogens with zero attached hydrogens (tertiary/aromatic N) is 3. The molecule has 1 unspecified atom stereocenters. The molecule has 0 bridgehead atoms. The summed E-state index contributed by atoms with van der Waals surface area (Å²) < 4.78 is 16.4. The first-order valence-corrected chi connectivity index (χ1v) is 11.7. The van der Waals surface area contributed by atoms with Gasteiger partial charge in [0.1, 0.15) is 11.4 Å². The lowest BCUT2D eigenvalue weighted by Crippen LogP contribution is -2.64. The van der Waals surface area contributed by atoms with Crippen LogP contribution in [0.25, 0.3) is 11.0 Å². The molecule has 1 saturated carbocycles. The van der Waals surface area contributed by atoms with E-state index in [1.807, 2.05) is 28.8 Å². The van der Waals surface area contributed by atoms with E-state index in [1.54, 1.807) is 25.1 Å². The maximum atomic E-state index is 14.5. The van der Waals surface area contributed by atoms with E-state index >= 15 is 0 Å². The Hall–Kier alpha value is -3.22. The Balaban J connectivity index is 1.54. The summed E-state index contributed by atoms with van der Waals surface area (Å²) in [6.07, 6.45) is 4.03. The number of rotatable bonds is 4. The first-order valence-electron chi connectivity index (χ1n) is 11.7. The Morgan fingerprint density at radius 2 is 1.82 bits per heavy atom. The normalized spacial score (nSPS) is 25.2. The highest BCUT2D eigenvalue weighted by Gasteiger charge is 2.49. The zero-order valence-electron chi connectivity index (χ0n) is 19.1. The molecule has 2 heterocycles. The molecule has 1 aromatic heterocycles. The van der Waals surface area contributed by atoms with Crippen LogP contribution in [0.5, 0.6) is 0 Å². The van der Waals surface area contributed by atoms with Crippen molar-refractivity contribution in [2.45, 2.75) is 64.2 Å². The van der Waals surface area contributed by atoms with Gasteiger partial charge in [-0.25, -0.2) is 9.37 Å². The van der Waals surface area contributed by atoms with Gasteiger partial charge >= 0.3 is 0 Å². The molecule has 172 valence electrons. The highest BCUT2D eigenvalue weighted by Crippen LogP contribution is 2.33. The minimum absolute atomic E-state index is 0.000330. The molecular weight excluding hydrogens is 419 g/mol. The Labute approximate surface area is 192 Å². The molecule has 7 heteroatoms. The lowest BCUT2D eigenvalue weighted by molar-refractivity contribution is -0.134. The van der Waals surface area contributed by atoms with E-state index in [9.17, 15) is 14.0 Å². The standard InChI is InChI=1S/C26H29FN4O2/c1-17-11-13-19(14-12-17)28-25(33)26(2)16-30-22-10-6-5-9-21(22)29-23(30)24(32)31(26)15-18-7-3-4-8-20(18)27/h3-10,17,19H,11-16H2,1-2H3,(H,28,33). The van der Waals surface area contributed by atoms with Gasteiger partial charge < -0.3 is 14.8 Å². The molecule has 2 aromatic carbocycles. The largest absolute Gasteiger partial charge is 0.351 e. The minimum Gasteiger partial charge on any atom is -0.351 e. The van der Waals surface area contributed by atoms with Crippen LogP contribution in [-0.4, -0.2) is 37.8 Å². The number of aromatic nitrogens is 2. The van der Waals surface area contributed by atoms with Crippen molar-refractivity contribution >= 4 is 22.8 Å². The van der Waals surface area contributed by atoms with Crippen molar-refractivity contribution in [1.29, 1.82) is 0 Å². The minimum atomic E-state index is -1.18. The number of para-hydroxylation sites is 2. The van der Waals surface area contributed by atoms with E-state index < -0.39 is 11.4 Å². The lowest BCUT2D eigenvalue weighted by Gasteiger charge is -2.44. The van der Waals surface area contributed by atoms with Crippen molar-refractivity contribution in [2.24, 2.45) is 5.92 Å². The molecule has 3 aromatic rings. The third kappa shape index (κ3) is 3.79. The van der Waals surface area contributed by atoms with Crippen molar-refractivity contribution in [3.8, 4) is 0 Å². The Bertz CT molecular complexity index is 1210. The smallest absolute Gasteiger partial charge is 0.291 e. The summed E-state index contributed by atoms with van der Waals surface area (Å²) in [6, 6.07) is 14.0. The molecule has 1 atom stereocenters. The van der Waals surface area contributed by atoms with Crippen molar-refractivity contribution in [3.05, 3.63) is 65.7 Å². The fraction of sp³-hybridized carbons (Fsp3) is 0.423. The molecule has 1 N–H and O–H groups in total. The number of amides is 2. The Morgan fingerprint density at radius 1 is 1.12 bits per heavy atom. The summed E-state index contributed by atoms with van der Waals surface area (Å²) in [7, 11) is 0. The van der Waals surface area contributed by atoms with Crippen LogP contribution in [0.2, 0.25) is 0 Å². The van der Waals surface area contributed by atoms with E-state index in [4.69, 9.17) is 0 Å². The number of nitrogens with one attached hydrogen (secondary N) is 1. The molecule has 1 aliphatic carbocycles. The number of halogens is 1. The van der Waals surface area contributed by atoms with Gasteiger partial charge in [0, 0.05) is 11.6 Å². The van der Waals surface area contributed by atoms with E-state index in [-0.39, 0.29) is 36.8 Å². The number of carbonyl (C=O) groups is 2. The average Bonchev–Trinajstić information content (AvgIpc) is 3.18. The van der Waals surface area contributed by atoms with E-state index in [2.05, 4.69) is 17.2 Å². The molecule has 1 aliphatic heterocycles. The number of hydrogen-bond donors (Lipinski definition) is 1. The van der Waals surface area contributed by atoms with Crippen LogP contribution in [0.3, 0.4) is 0 Å². The summed E-state index contributed by atoms with van der Waals surface area (Å²) in [5.74, 6) is -0.00840. The van der Waals surface area contributed by atoms with Crippen LogP contribution in [0.4, 0.5) is 4.39 Å². The fourth-order valence-electron chi connectivity index (χ4n) is 5.12. The molecule has 0 saturated heterocycles. The van der Waals surface area contributed by atoms with Gasteiger partial charge in [0.05, 0.1) is 24.1 Å². The maximum Gasteiger partial charge on any atom is 0.291 e. The van der Waals surface area contributed by atoms with Crippen LogP contribution in [0, 0.1) is 11.7 Å². The van der Waals surface area contributed by atoms with E-state index in [0.717, 1.165) is 31.2 Å². The van der Waals surface area contributed by atoms with Gasteiger partial charge in [-0.1, -0.05) is 37.3 Å². The second kappa shape index (κ2) is 8.28. The number of hydrogen-bond acceptors (Lipinski definition) is 3. The molecule has 5 rings (SSSR count). The van der Waals surface area contributed by atoms with Gasteiger partial charge in [0.15, 0.2) is 5.82 Å². The number of fused-ring (bicyclic) bond motifs is 3. The van der Waals surface area contributed by atoms with Gasteiger partial charge in [-0.15, -0.1) is 0 Å². The first kappa shape index (κ1) is 21.6. The van der Waals surface area contributed by atoms with Gasteiger partial charge in [0.25, 0.3) is 5.91 Å². The quantitative estimate of drug-likeness (QED) is 0.648. The molecule has 1 fully saturated rings. The third-order valence-corrected chi connectivity index (χ3v) is 7.28. The SMILES string of the molecule is CC1CCC(NC(=O)C2(C)Cn3c(nc4ccccc43)C(=O)N2Cc2ccccc2F)CC1. The van der Waals surface area contributed by atoms with Crippen molar-refractivity contribution in [2.75, 3.05) is 0 Å². The highest BCUT2D eigenvalue weighted by atomic mass is 19.1. The van der Waals surface area contributed by atoms with Crippen molar-refractivity contribution in [1.82, 2.24) is 19.8 Å². The van der Waals surface area contributed by atoms with Gasteiger partial charge in [0.2, 0.25) is 5.91 Å². The summed E-state index contributed by atoms with van der Waals surface area (Å²) >= 11 is 0. The second-order valence-corrected chi connectivity index (χ2v) is 9.70. The van der Waals surface area contributed by atoms with Crippen LogP contribution in [0.1, 0.15) is 55.7 Å².